The van der Waals surface area contributed by atoms with Gasteiger partial charge in [0.15, 0.2) is 5.65 Å². The Balaban J connectivity index is 1.91. The normalized spacial score (nSPS) is 18.1. The first-order valence-electron chi connectivity index (χ1n) is 9.65. The second kappa shape index (κ2) is 8.25. The van der Waals surface area contributed by atoms with Crippen molar-refractivity contribution in [3.63, 3.8) is 0 Å². The number of hydrogen-bond acceptors (Lipinski definition) is 7. The van der Waals surface area contributed by atoms with Crippen LogP contribution in [0.25, 0.3) is 5.65 Å². The highest BCUT2D eigenvalue weighted by Gasteiger charge is 2.23. The van der Waals surface area contributed by atoms with E-state index in [4.69, 9.17) is 4.74 Å². The first-order valence-corrected chi connectivity index (χ1v) is 9.65. The summed E-state index contributed by atoms with van der Waals surface area (Å²) < 4.78 is 21.3. The highest BCUT2D eigenvalue weighted by atomic mass is 19.1. The molecule has 1 aliphatic heterocycles. The maximum Gasteiger partial charge on any atom is 0.256 e. The molecule has 2 aromatic heterocycles. The van der Waals surface area contributed by atoms with Crippen molar-refractivity contribution in [1.29, 1.82) is 0 Å². The van der Waals surface area contributed by atoms with Crippen LogP contribution in [0.4, 0.5) is 15.9 Å². The summed E-state index contributed by atoms with van der Waals surface area (Å²) in [6.45, 7) is 1.81. The quantitative estimate of drug-likeness (QED) is 0.590. The Kier molecular flexibility index (Phi) is 5.51. The average molecular weight is 415 g/mol. The van der Waals surface area contributed by atoms with E-state index in [1.54, 1.807) is 17.2 Å². The molecule has 1 aliphatic rings. The van der Waals surface area contributed by atoms with E-state index in [1.165, 1.54) is 28.9 Å². The molecule has 3 heterocycles. The first kappa shape index (κ1) is 20.0. The van der Waals surface area contributed by atoms with Gasteiger partial charge < -0.3 is 25.2 Å². The van der Waals surface area contributed by atoms with Crippen LogP contribution in [0.5, 0.6) is 5.75 Å². The third-order valence-electron chi connectivity index (χ3n) is 4.88. The van der Waals surface area contributed by atoms with Gasteiger partial charge in [0, 0.05) is 18.8 Å². The van der Waals surface area contributed by atoms with Gasteiger partial charge in [-0.25, -0.2) is 13.9 Å². The van der Waals surface area contributed by atoms with Gasteiger partial charge in [-0.2, -0.15) is 5.10 Å². The molecule has 1 aromatic carbocycles. The number of fused-ring (bicyclic) bond motifs is 2. The summed E-state index contributed by atoms with van der Waals surface area (Å²) in [7, 11) is 0. The van der Waals surface area contributed by atoms with E-state index in [0.717, 1.165) is 0 Å². The summed E-state index contributed by atoms with van der Waals surface area (Å²) in [5.74, 6) is -0.211. The first-order chi connectivity index (χ1) is 14.5. The Labute approximate surface area is 171 Å². The van der Waals surface area contributed by atoms with Crippen LogP contribution in [0.15, 0.2) is 36.7 Å². The number of benzene rings is 1. The number of aliphatic hydroxyl groups is 2. The van der Waals surface area contributed by atoms with E-state index < -0.39 is 23.9 Å². The molecule has 0 unspecified atom stereocenters. The average Bonchev–Trinajstić information content (AvgIpc) is 3.17. The summed E-state index contributed by atoms with van der Waals surface area (Å²) in [5.41, 5.74) is 0.888. The zero-order chi connectivity index (χ0) is 21.3. The molecule has 0 spiro atoms. The molecule has 0 fully saturated rings. The number of aromatic nitrogens is 3. The molecule has 1 amide bonds. The number of amides is 1. The van der Waals surface area contributed by atoms with E-state index in [2.05, 4.69) is 15.4 Å². The molecule has 3 aromatic rings. The van der Waals surface area contributed by atoms with Crippen LogP contribution in [-0.2, 0) is 0 Å². The number of anilines is 2. The largest absolute Gasteiger partial charge is 0.489 e. The van der Waals surface area contributed by atoms with Gasteiger partial charge in [-0.15, -0.1) is 0 Å². The van der Waals surface area contributed by atoms with Crippen LogP contribution in [0.1, 0.15) is 23.7 Å². The number of hydrogen-bond donors (Lipinski definition) is 3. The molecule has 0 saturated carbocycles. The SMILES string of the molecule is CC[C@@H](O)CN1c2ccn3ncc(c3n2)C(=O)NC[C@H](O)COc2ccc(F)cc21. The van der Waals surface area contributed by atoms with Gasteiger partial charge in [-0.3, -0.25) is 4.79 Å². The standard InChI is InChI=1S/C20H22FN5O4/c1-2-13(27)10-25-16-7-12(21)3-4-17(16)30-11-14(28)8-22-20(29)15-9-23-26-6-5-18(25)24-19(15)26/h3-7,9,13-14,27-28H,2,8,10-11H2,1H3,(H,22,29)/t13-,14+/m1/s1. The van der Waals surface area contributed by atoms with Crippen LogP contribution in [0.3, 0.4) is 0 Å². The molecule has 10 heteroatoms. The fraction of sp³-hybridized carbons (Fsp3) is 0.350. The Bertz CT molecular complexity index is 1070. The summed E-state index contributed by atoms with van der Waals surface area (Å²) in [6.07, 6.45) is 1.80. The van der Waals surface area contributed by atoms with Crippen LogP contribution in [-0.4, -0.2) is 62.6 Å². The topological polar surface area (TPSA) is 112 Å². The number of carbonyl (C=O) groups is 1. The molecule has 0 aliphatic carbocycles. The minimum atomic E-state index is -0.982. The van der Waals surface area contributed by atoms with Gasteiger partial charge in [-0.1, -0.05) is 6.92 Å². The molecule has 0 radical (unpaired) electrons. The van der Waals surface area contributed by atoms with E-state index >= 15 is 0 Å². The lowest BCUT2D eigenvalue weighted by Gasteiger charge is -2.28. The molecule has 2 atom stereocenters. The molecule has 4 rings (SSSR count). The van der Waals surface area contributed by atoms with Gasteiger partial charge in [0.05, 0.1) is 24.5 Å². The van der Waals surface area contributed by atoms with E-state index in [-0.39, 0.29) is 25.3 Å². The predicted molar refractivity (Wildman–Crippen MR) is 107 cm³/mol. The molecule has 9 nitrogen and oxygen atoms in total. The highest BCUT2D eigenvalue weighted by Crippen LogP contribution is 2.35. The second-order valence-electron chi connectivity index (χ2n) is 7.07. The van der Waals surface area contributed by atoms with Crippen molar-refractivity contribution in [2.45, 2.75) is 25.6 Å². The Morgan fingerprint density at radius 1 is 1.40 bits per heavy atom. The molecule has 3 N–H and O–H groups in total. The highest BCUT2D eigenvalue weighted by molar-refractivity contribution is 5.99. The number of β-amino-alcohol motifs (C(OH)–C–C–N with tert-alkyl or cyclic N) is 2. The van der Waals surface area contributed by atoms with Crippen molar-refractivity contribution in [2.75, 3.05) is 24.6 Å². The number of ether oxygens (including phenoxy) is 1. The Morgan fingerprint density at radius 2 is 2.23 bits per heavy atom. The second-order valence-corrected chi connectivity index (χ2v) is 7.07. The number of carbonyl (C=O) groups excluding carboxylic acids is 1. The lowest BCUT2D eigenvalue weighted by Crippen LogP contribution is -2.35. The van der Waals surface area contributed by atoms with Crippen molar-refractivity contribution < 1.29 is 24.1 Å². The van der Waals surface area contributed by atoms with Gasteiger partial charge >= 0.3 is 0 Å². The molecule has 0 saturated heterocycles. The molecular formula is C20H22FN5O4. The van der Waals surface area contributed by atoms with Crippen LogP contribution in [0.2, 0.25) is 0 Å². The van der Waals surface area contributed by atoms with Crippen molar-refractivity contribution in [1.82, 2.24) is 19.9 Å². The van der Waals surface area contributed by atoms with Gasteiger partial charge in [-0.05, 0) is 24.6 Å². The van der Waals surface area contributed by atoms with Crippen molar-refractivity contribution in [3.05, 3.63) is 48.0 Å². The third kappa shape index (κ3) is 3.91. The van der Waals surface area contributed by atoms with Gasteiger partial charge in [0.2, 0.25) is 0 Å². The van der Waals surface area contributed by atoms with Crippen LogP contribution in [0, 0.1) is 5.82 Å². The van der Waals surface area contributed by atoms with Crippen molar-refractivity contribution in [3.8, 4) is 5.75 Å². The number of nitrogens with zero attached hydrogens (tertiary/aromatic N) is 4. The summed E-state index contributed by atoms with van der Waals surface area (Å²) in [6, 6.07) is 5.67. The summed E-state index contributed by atoms with van der Waals surface area (Å²) in [5, 5.41) is 27.3. The summed E-state index contributed by atoms with van der Waals surface area (Å²) >= 11 is 0. The fourth-order valence-corrected chi connectivity index (χ4v) is 3.20. The Hall–Kier alpha value is -3.24. The monoisotopic (exact) mass is 415 g/mol. The number of rotatable bonds is 3. The smallest absolute Gasteiger partial charge is 0.256 e. The minimum Gasteiger partial charge on any atom is -0.489 e. The van der Waals surface area contributed by atoms with Crippen LogP contribution >= 0.6 is 0 Å². The molecular weight excluding hydrogens is 393 g/mol. The maximum atomic E-state index is 14.2. The predicted octanol–water partition coefficient (Wildman–Crippen LogP) is 1.26. The van der Waals surface area contributed by atoms with Crippen molar-refractivity contribution >= 4 is 23.1 Å². The summed E-state index contributed by atoms with van der Waals surface area (Å²) in [4.78, 5) is 18.7. The molecule has 2 bridgehead atoms. The number of halogens is 1. The number of nitrogens with one attached hydrogen (secondary N) is 1. The zero-order valence-electron chi connectivity index (χ0n) is 16.3. The fourth-order valence-electron chi connectivity index (χ4n) is 3.20. The van der Waals surface area contributed by atoms with Crippen molar-refractivity contribution in [2.24, 2.45) is 0 Å². The number of aliphatic hydroxyl groups excluding tert-OH is 2. The molecule has 158 valence electrons. The lowest BCUT2D eigenvalue weighted by molar-refractivity contribution is 0.0845. The third-order valence-corrected chi connectivity index (χ3v) is 4.88. The van der Waals surface area contributed by atoms with Crippen LogP contribution < -0.4 is 15.0 Å². The van der Waals surface area contributed by atoms with Gasteiger partial charge in [0.1, 0.15) is 35.7 Å². The maximum absolute atomic E-state index is 14.2. The minimum absolute atomic E-state index is 0.0370. The van der Waals surface area contributed by atoms with Gasteiger partial charge in [0.25, 0.3) is 5.91 Å². The Morgan fingerprint density at radius 3 is 3.03 bits per heavy atom. The van der Waals surface area contributed by atoms with E-state index in [9.17, 15) is 19.4 Å². The van der Waals surface area contributed by atoms with E-state index in [1.807, 2.05) is 6.92 Å². The lowest BCUT2D eigenvalue weighted by atomic mass is 10.2. The molecule has 30 heavy (non-hydrogen) atoms. The zero-order valence-corrected chi connectivity index (χ0v) is 16.3. The van der Waals surface area contributed by atoms with E-state index in [0.29, 0.717) is 29.3 Å².